The molecule has 0 spiro atoms. The molecule has 0 saturated carbocycles. The zero-order chi connectivity index (χ0) is 15.6. The van der Waals surface area contributed by atoms with Crippen molar-refractivity contribution in [2.45, 2.75) is 6.36 Å². The summed E-state index contributed by atoms with van der Waals surface area (Å²) in [5.41, 5.74) is 0.294. The number of hydrogen-bond acceptors (Lipinski definition) is 3. The summed E-state index contributed by atoms with van der Waals surface area (Å²) < 4.78 is 41.4. The van der Waals surface area contributed by atoms with Crippen LogP contribution < -0.4 is 4.74 Å². The maximum atomic E-state index is 12.4. The van der Waals surface area contributed by atoms with Crippen LogP contribution in [0.5, 0.6) is 11.5 Å². The Kier molecular flexibility index (Phi) is 4.09. The second-order valence-electron chi connectivity index (χ2n) is 4.01. The van der Waals surface area contributed by atoms with Crippen LogP contribution in [0.4, 0.5) is 13.2 Å². The van der Waals surface area contributed by atoms with Crippen molar-refractivity contribution in [2.24, 2.45) is 0 Å². The van der Waals surface area contributed by atoms with Crippen molar-refractivity contribution in [1.29, 1.82) is 5.26 Å². The van der Waals surface area contributed by atoms with Crippen LogP contribution in [0.2, 0.25) is 0 Å². The van der Waals surface area contributed by atoms with Crippen LogP contribution in [-0.4, -0.2) is 11.5 Å². The van der Waals surface area contributed by atoms with Crippen molar-refractivity contribution < 1.29 is 23.0 Å². The van der Waals surface area contributed by atoms with Gasteiger partial charge in [-0.1, -0.05) is 18.2 Å². The van der Waals surface area contributed by atoms with Crippen LogP contribution >= 0.6 is 15.9 Å². The third-order valence-electron chi connectivity index (χ3n) is 2.60. The summed E-state index contributed by atoms with van der Waals surface area (Å²) >= 11 is 3.06. The molecule has 0 aromatic heterocycles. The molecule has 3 nitrogen and oxygen atoms in total. The van der Waals surface area contributed by atoms with Gasteiger partial charge in [0.25, 0.3) is 0 Å². The monoisotopic (exact) mass is 357 g/mol. The van der Waals surface area contributed by atoms with Crippen LogP contribution in [0.25, 0.3) is 11.1 Å². The van der Waals surface area contributed by atoms with E-state index in [4.69, 9.17) is 5.26 Å². The number of aromatic hydroxyl groups is 1. The molecule has 0 atom stereocenters. The second-order valence-corrected chi connectivity index (χ2v) is 4.86. The Balaban J connectivity index is 2.63. The Hall–Kier alpha value is -2.20. The molecule has 0 saturated heterocycles. The molecule has 0 fully saturated rings. The van der Waals surface area contributed by atoms with Crippen LogP contribution in [0.15, 0.2) is 40.9 Å². The first kappa shape index (κ1) is 15.2. The molecule has 0 aliphatic heterocycles. The molecule has 2 aromatic carbocycles. The van der Waals surface area contributed by atoms with Gasteiger partial charge in [0.05, 0.1) is 16.1 Å². The molecule has 21 heavy (non-hydrogen) atoms. The van der Waals surface area contributed by atoms with E-state index in [1.165, 1.54) is 30.3 Å². The number of nitriles is 1. The van der Waals surface area contributed by atoms with Gasteiger partial charge in [0.15, 0.2) is 0 Å². The zero-order valence-electron chi connectivity index (χ0n) is 10.3. The van der Waals surface area contributed by atoms with Crippen molar-refractivity contribution in [3.63, 3.8) is 0 Å². The first-order valence-electron chi connectivity index (χ1n) is 5.59. The number of rotatable bonds is 2. The molecule has 0 aliphatic carbocycles. The molecular formula is C14H7BrF3NO2. The molecule has 2 aromatic rings. The predicted molar refractivity (Wildman–Crippen MR) is 72.6 cm³/mol. The van der Waals surface area contributed by atoms with Crippen LogP contribution in [0.1, 0.15) is 5.56 Å². The molecule has 7 heteroatoms. The van der Waals surface area contributed by atoms with E-state index in [1.54, 1.807) is 0 Å². The van der Waals surface area contributed by atoms with Crippen LogP contribution in [0.3, 0.4) is 0 Å². The molecule has 0 aliphatic rings. The highest BCUT2D eigenvalue weighted by Crippen LogP contribution is 2.41. The van der Waals surface area contributed by atoms with E-state index >= 15 is 0 Å². The molecule has 108 valence electrons. The van der Waals surface area contributed by atoms with E-state index in [9.17, 15) is 18.3 Å². The molecular weight excluding hydrogens is 351 g/mol. The quantitative estimate of drug-likeness (QED) is 0.854. The van der Waals surface area contributed by atoms with Gasteiger partial charge in [-0.05, 0) is 34.1 Å². The van der Waals surface area contributed by atoms with Crippen molar-refractivity contribution in [1.82, 2.24) is 0 Å². The smallest absolute Gasteiger partial charge is 0.506 e. The molecule has 0 heterocycles. The summed E-state index contributed by atoms with van der Waals surface area (Å²) in [6, 6.07) is 9.91. The molecule has 0 unspecified atom stereocenters. The third-order valence-corrected chi connectivity index (χ3v) is 3.20. The first-order chi connectivity index (χ1) is 9.81. The minimum absolute atomic E-state index is 0.0325. The number of halogens is 4. The van der Waals surface area contributed by atoms with E-state index in [1.807, 2.05) is 6.07 Å². The van der Waals surface area contributed by atoms with Gasteiger partial charge < -0.3 is 9.84 Å². The van der Waals surface area contributed by atoms with Gasteiger partial charge in [-0.15, -0.1) is 13.2 Å². The Bertz CT molecular complexity index is 723. The molecule has 2 rings (SSSR count). The molecule has 0 radical (unpaired) electrons. The van der Waals surface area contributed by atoms with Crippen molar-refractivity contribution >= 4 is 15.9 Å². The summed E-state index contributed by atoms with van der Waals surface area (Å²) in [4.78, 5) is 0. The van der Waals surface area contributed by atoms with Gasteiger partial charge in [0, 0.05) is 11.1 Å². The lowest BCUT2D eigenvalue weighted by Crippen LogP contribution is -2.17. The summed E-state index contributed by atoms with van der Waals surface area (Å²) in [5, 5.41) is 18.9. The number of para-hydroxylation sites is 1. The normalized spacial score (nSPS) is 11.0. The van der Waals surface area contributed by atoms with Gasteiger partial charge in [-0.25, -0.2) is 0 Å². The largest absolute Gasteiger partial charge is 0.573 e. The molecule has 0 amide bonds. The van der Waals surface area contributed by atoms with Crippen LogP contribution in [0, 0.1) is 11.3 Å². The Morgan fingerprint density at radius 2 is 1.81 bits per heavy atom. The maximum absolute atomic E-state index is 12.4. The minimum Gasteiger partial charge on any atom is -0.506 e. The van der Waals surface area contributed by atoms with E-state index in [0.717, 1.165) is 6.07 Å². The van der Waals surface area contributed by atoms with Crippen LogP contribution in [-0.2, 0) is 0 Å². The van der Waals surface area contributed by atoms with Gasteiger partial charge >= 0.3 is 6.36 Å². The summed E-state index contributed by atoms with van der Waals surface area (Å²) in [7, 11) is 0. The Morgan fingerprint density at radius 1 is 1.14 bits per heavy atom. The number of benzene rings is 2. The van der Waals surface area contributed by atoms with E-state index in [0.29, 0.717) is 0 Å². The van der Waals surface area contributed by atoms with Crippen molar-refractivity contribution in [2.75, 3.05) is 0 Å². The molecule has 1 N–H and O–H groups in total. The fourth-order valence-corrected chi connectivity index (χ4v) is 2.23. The number of phenols is 1. The summed E-state index contributed by atoms with van der Waals surface area (Å²) in [6.45, 7) is 0. The standard InChI is InChI=1S/C14H7BrF3NO2/c15-11-6-8(7-19)5-10(13(11)20)9-3-1-2-4-12(9)21-14(16,17)18/h1-6,20H. The average molecular weight is 358 g/mol. The predicted octanol–water partition coefficient (Wildman–Crippen LogP) is 4.59. The zero-order valence-corrected chi connectivity index (χ0v) is 11.9. The Labute approximate surface area is 126 Å². The topological polar surface area (TPSA) is 53.2 Å². The lowest BCUT2D eigenvalue weighted by Gasteiger charge is -2.14. The summed E-state index contributed by atoms with van der Waals surface area (Å²) in [5.74, 6) is -0.727. The number of alkyl halides is 3. The highest BCUT2D eigenvalue weighted by Gasteiger charge is 2.32. The molecule has 0 bridgehead atoms. The highest BCUT2D eigenvalue weighted by molar-refractivity contribution is 9.10. The fourth-order valence-electron chi connectivity index (χ4n) is 1.77. The SMILES string of the molecule is N#Cc1cc(Br)c(O)c(-c2ccccc2OC(F)(F)F)c1. The van der Waals surface area contributed by atoms with Gasteiger partial charge in [0.1, 0.15) is 11.5 Å². The average Bonchev–Trinajstić information content (AvgIpc) is 2.41. The number of hydrogen-bond donors (Lipinski definition) is 1. The fraction of sp³-hybridized carbons (Fsp3) is 0.0714. The number of phenolic OH excluding ortho intramolecular Hbond substituents is 1. The van der Waals surface area contributed by atoms with E-state index in [2.05, 4.69) is 20.7 Å². The Morgan fingerprint density at radius 3 is 2.43 bits per heavy atom. The maximum Gasteiger partial charge on any atom is 0.573 e. The first-order valence-corrected chi connectivity index (χ1v) is 6.39. The van der Waals surface area contributed by atoms with E-state index in [-0.39, 0.29) is 26.9 Å². The van der Waals surface area contributed by atoms with Gasteiger partial charge in [0.2, 0.25) is 0 Å². The van der Waals surface area contributed by atoms with Gasteiger partial charge in [-0.2, -0.15) is 5.26 Å². The highest BCUT2D eigenvalue weighted by atomic mass is 79.9. The van der Waals surface area contributed by atoms with Gasteiger partial charge in [-0.3, -0.25) is 0 Å². The van der Waals surface area contributed by atoms with Crippen molar-refractivity contribution in [3.8, 4) is 28.7 Å². The summed E-state index contributed by atoms with van der Waals surface area (Å²) in [6.07, 6.45) is -4.85. The van der Waals surface area contributed by atoms with E-state index < -0.39 is 12.1 Å². The minimum atomic E-state index is -4.85. The lowest BCUT2D eigenvalue weighted by molar-refractivity contribution is -0.274. The second kappa shape index (κ2) is 5.66. The number of nitrogens with zero attached hydrogens (tertiary/aromatic N) is 1. The number of ether oxygens (including phenoxy) is 1. The third kappa shape index (κ3) is 3.47. The van der Waals surface area contributed by atoms with Crippen molar-refractivity contribution in [3.05, 3.63) is 46.4 Å². The lowest BCUT2D eigenvalue weighted by atomic mass is 10.0.